The zero-order chi connectivity index (χ0) is 20.4. The Labute approximate surface area is 168 Å². The van der Waals surface area contributed by atoms with Crippen LogP contribution in [0, 0.1) is 5.92 Å². The average Bonchev–Trinajstić information content (AvgIpc) is 3.39. The van der Waals surface area contributed by atoms with E-state index in [1.165, 1.54) is 4.68 Å². The van der Waals surface area contributed by atoms with E-state index in [1.807, 2.05) is 25.4 Å². The van der Waals surface area contributed by atoms with Crippen LogP contribution < -0.4 is 31.3 Å². The van der Waals surface area contributed by atoms with E-state index in [9.17, 15) is 4.79 Å². The van der Waals surface area contributed by atoms with Crippen molar-refractivity contribution in [2.75, 3.05) is 32.6 Å². The van der Waals surface area contributed by atoms with E-state index < -0.39 is 0 Å². The minimum absolute atomic E-state index is 0.205. The first kappa shape index (κ1) is 19.1. The molecule has 1 aliphatic carbocycles. The molecule has 2 aliphatic rings. The Morgan fingerprint density at radius 1 is 1.34 bits per heavy atom. The Balaban J connectivity index is 1.34. The predicted octanol–water partition coefficient (Wildman–Crippen LogP) is 0.574. The van der Waals surface area contributed by atoms with Gasteiger partial charge < -0.3 is 20.2 Å². The van der Waals surface area contributed by atoms with Gasteiger partial charge >= 0.3 is 0 Å². The van der Waals surface area contributed by atoms with E-state index in [2.05, 4.69) is 26.4 Å². The van der Waals surface area contributed by atoms with Crippen LogP contribution in [0.4, 0.5) is 5.69 Å². The van der Waals surface area contributed by atoms with Crippen molar-refractivity contribution in [1.82, 2.24) is 30.7 Å². The van der Waals surface area contributed by atoms with Gasteiger partial charge in [0.2, 0.25) is 5.88 Å². The molecule has 1 fully saturated rings. The maximum atomic E-state index is 12.3. The van der Waals surface area contributed by atoms with Crippen molar-refractivity contribution in [3.63, 3.8) is 0 Å². The summed E-state index contributed by atoms with van der Waals surface area (Å²) in [5, 5.41) is 9.13. The molecule has 10 nitrogen and oxygen atoms in total. The van der Waals surface area contributed by atoms with Crippen molar-refractivity contribution in [2.24, 2.45) is 13.0 Å². The number of hydrazine groups is 2. The highest BCUT2D eigenvalue weighted by Crippen LogP contribution is 2.46. The molecule has 2 aromatic heterocycles. The fourth-order valence-electron chi connectivity index (χ4n) is 3.24. The molecule has 0 spiro atoms. The fourth-order valence-corrected chi connectivity index (χ4v) is 3.24. The molecule has 0 bridgehead atoms. The maximum absolute atomic E-state index is 12.3. The maximum Gasteiger partial charge on any atom is 0.290 e. The molecule has 0 amide bonds. The molecule has 154 valence electrons. The first-order valence-electron chi connectivity index (χ1n) is 9.43. The quantitative estimate of drug-likeness (QED) is 0.588. The number of pyridine rings is 1. The highest BCUT2D eigenvalue weighted by molar-refractivity contribution is 5.44. The number of hydrogen-bond donors (Lipinski definition) is 3. The van der Waals surface area contributed by atoms with Gasteiger partial charge in [0, 0.05) is 43.9 Å². The molecule has 0 aromatic carbocycles. The summed E-state index contributed by atoms with van der Waals surface area (Å²) < 4.78 is 12.3. The van der Waals surface area contributed by atoms with E-state index >= 15 is 0 Å². The summed E-state index contributed by atoms with van der Waals surface area (Å²) in [6, 6.07) is 5.57. The molecule has 0 unspecified atom stereocenters. The number of methoxy groups -OCH3 is 1. The van der Waals surface area contributed by atoms with Crippen LogP contribution in [0.15, 0.2) is 41.1 Å². The second-order valence-corrected chi connectivity index (χ2v) is 7.22. The van der Waals surface area contributed by atoms with E-state index in [0.29, 0.717) is 36.6 Å². The van der Waals surface area contributed by atoms with E-state index in [-0.39, 0.29) is 5.56 Å². The van der Waals surface area contributed by atoms with Gasteiger partial charge in [-0.3, -0.25) is 14.8 Å². The van der Waals surface area contributed by atoms with E-state index in [4.69, 9.17) is 9.47 Å². The second-order valence-electron chi connectivity index (χ2n) is 7.22. The van der Waals surface area contributed by atoms with Crippen LogP contribution in [0.25, 0.3) is 0 Å². The average molecular weight is 399 g/mol. The molecule has 2 aromatic rings. The Hall–Kier alpha value is -3.27. The number of aryl methyl sites for hydroxylation is 1. The Kier molecular flexibility index (Phi) is 5.26. The standard InChI is InChI=1S/C19H25N7O3/c1-25-10-13(22-24-25)8-20-17-7-18(23-26(2)19(17)27)29-11-12-6-15(12)16-5-4-14(28-3)9-21-16/h4-5,7,9-10,12,15,20,22,24H,6,8,11H2,1-3H3/t12-,15+/m1/s1. The topological polar surface area (TPSA) is 106 Å². The highest BCUT2D eigenvalue weighted by atomic mass is 16.5. The highest BCUT2D eigenvalue weighted by Gasteiger charge is 2.40. The van der Waals surface area contributed by atoms with Gasteiger partial charge in [-0.15, -0.1) is 10.6 Å². The molecule has 0 saturated heterocycles. The lowest BCUT2D eigenvalue weighted by molar-refractivity contribution is 0.278. The largest absolute Gasteiger partial charge is 0.495 e. The summed E-state index contributed by atoms with van der Waals surface area (Å²) in [5.41, 5.74) is 8.14. The molecular weight excluding hydrogens is 374 g/mol. The van der Waals surface area contributed by atoms with Crippen molar-refractivity contribution in [2.45, 2.75) is 12.3 Å². The van der Waals surface area contributed by atoms with Crippen molar-refractivity contribution in [3.8, 4) is 11.6 Å². The minimum atomic E-state index is -0.205. The molecule has 1 saturated carbocycles. The number of aromatic nitrogens is 3. The SMILES string of the molecule is COc1ccc([C@H]2C[C@@H]2COc2cc(NCC3=CN(C)NN3)c(=O)n(C)n2)nc1. The first-order chi connectivity index (χ1) is 14.0. The third-order valence-corrected chi connectivity index (χ3v) is 4.99. The van der Waals surface area contributed by atoms with Crippen LogP contribution in [0.5, 0.6) is 11.6 Å². The van der Waals surface area contributed by atoms with E-state index in [1.54, 1.807) is 31.4 Å². The number of rotatable bonds is 8. The molecule has 2 atom stereocenters. The lowest BCUT2D eigenvalue weighted by Gasteiger charge is -2.11. The van der Waals surface area contributed by atoms with Gasteiger partial charge in [0.25, 0.3) is 5.56 Å². The van der Waals surface area contributed by atoms with E-state index in [0.717, 1.165) is 23.6 Å². The van der Waals surface area contributed by atoms with Gasteiger partial charge in [0.05, 0.1) is 32.2 Å². The van der Waals surface area contributed by atoms with Gasteiger partial charge in [0.1, 0.15) is 11.4 Å². The predicted molar refractivity (Wildman–Crippen MR) is 107 cm³/mol. The molecule has 3 heterocycles. The molecular formula is C19H25N7O3. The zero-order valence-electron chi connectivity index (χ0n) is 16.7. The number of hydrogen-bond acceptors (Lipinski definition) is 9. The van der Waals surface area contributed by atoms with Crippen molar-refractivity contribution in [1.29, 1.82) is 0 Å². The molecule has 4 rings (SSSR count). The van der Waals surface area contributed by atoms with Crippen LogP contribution in [-0.4, -0.2) is 47.1 Å². The first-order valence-corrected chi connectivity index (χ1v) is 9.43. The van der Waals surface area contributed by atoms with Crippen LogP contribution >= 0.6 is 0 Å². The van der Waals surface area contributed by atoms with Gasteiger partial charge in [-0.2, -0.15) is 0 Å². The summed E-state index contributed by atoms with van der Waals surface area (Å²) in [5.74, 6) is 1.95. The third kappa shape index (κ3) is 4.43. The van der Waals surface area contributed by atoms with Gasteiger partial charge in [-0.05, 0) is 18.6 Å². The minimum Gasteiger partial charge on any atom is -0.495 e. The van der Waals surface area contributed by atoms with Crippen LogP contribution in [-0.2, 0) is 7.05 Å². The molecule has 0 radical (unpaired) electrons. The second kappa shape index (κ2) is 8.00. The molecule has 10 heteroatoms. The summed E-state index contributed by atoms with van der Waals surface area (Å²) in [4.78, 5) is 16.8. The van der Waals surface area contributed by atoms with Crippen LogP contribution in [0.2, 0.25) is 0 Å². The smallest absolute Gasteiger partial charge is 0.290 e. The molecule has 1 aliphatic heterocycles. The number of anilines is 1. The number of nitrogens with one attached hydrogen (secondary N) is 3. The zero-order valence-corrected chi connectivity index (χ0v) is 16.7. The van der Waals surface area contributed by atoms with Gasteiger partial charge in [-0.1, -0.05) is 0 Å². The number of ether oxygens (including phenoxy) is 2. The monoisotopic (exact) mass is 399 g/mol. The van der Waals surface area contributed by atoms with Crippen molar-refractivity contribution < 1.29 is 9.47 Å². The summed E-state index contributed by atoms with van der Waals surface area (Å²) >= 11 is 0. The molecule has 29 heavy (non-hydrogen) atoms. The van der Waals surface area contributed by atoms with Crippen LogP contribution in [0.3, 0.4) is 0 Å². The normalized spacial score (nSPS) is 20.1. The van der Waals surface area contributed by atoms with Crippen molar-refractivity contribution in [3.05, 3.63) is 52.3 Å². The number of nitrogens with zero attached hydrogens (tertiary/aromatic N) is 4. The van der Waals surface area contributed by atoms with Crippen molar-refractivity contribution >= 4 is 5.69 Å². The fraction of sp³-hybridized carbons (Fsp3) is 0.421. The third-order valence-electron chi connectivity index (χ3n) is 4.99. The lowest BCUT2D eigenvalue weighted by atomic mass is 10.2. The Bertz CT molecular complexity index is 957. The summed E-state index contributed by atoms with van der Waals surface area (Å²) in [6.07, 6.45) is 4.66. The Morgan fingerprint density at radius 3 is 2.90 bits per heavy atom. The van der Waals surface area contributed by atoms with Gasteiger partial charge in [0.15, 0.2) is 0 Å². The Morgan fingerprint density at radius 2 is 2.21 bits per heavy atom. The lowest BCUT2D eigenvalue weighted by Crippen LogP contribution is -2.34. The van der Waals surface area contributed by atoms with Crippen LogP contribution in [0.1, 0.15) is 18.0 Å². The molecule has 3 N–H and O–H groups in total. The van der Waals surface area contributed by atoms with Gasteiger partial charge in [-0.25, -0.2) is 4.68 Å². The summed E-state index contributed by atoms with van der Waals surface area (Å²) in [7, 11) is 5.12. The summed E-state index contributed by atoms with van der Waals surface area (Å²) in [6.45, 7) is 1.01.